The van der Waals surface area contributed by atoms with Crippen molar-refractivity contribution in [3.8, 4) is 0 Å². The minimum Gasteiger partial charge on any atom is -0.494 e. The van der Waals surface area contributed by atoms with E-state index in [2.05, 4.69) is 66.5 Å². The Kier molecular flexibility index (Phi) is 23.8. The van der Waals surface area contributed by atoms with Crippen molar-refractivity contribution >= 4 is 60.1 Å². The van der Waals surface area contributed by atoms with Crippen molar-refractivity contribution in [3.63, 3.8) is 0 Å². The first-order valence-electron chi connectivity index (χ1n) is 30.4. The average molecular weight is 1290 g/mol. The molecule has 12 aliphatic rings. The van der Waals surface area contributed by atoms with Crippen molar-refractivity contribution in [2.24, 2.45) is 107 Å². The summed E-state index contributed by atoms with van der Waals surface area (Å²) in [4.78, 5) is 126. The van der Waals surface area contributed by atoms with Gasteiger partial charge >= 0.3 is 60.1 Å². The zero-order valence-electron chi connectivity index (χ0n) is 51.8. The number of allylic oxidation sites excluding steroid dienone is 4. The first-order chi connectivity index (χ1) is 43.7. The van der Waals surface area contributed by atoms with Crippen LogP contribution in [-0.2, 0) is 114 Å². The van der Waals surface area contributed by atoms with Crippen LogP contribution in [0, 0.1) is 107 Å². The molecule has 26 heteroatoms. The van der Waals surface area contributed by atoms with Crippen LogP contribution in [0.15, 0.2) is 99.0 Å². The highest BCUT2D eigenvalue weighted by Crippen LogP contribution is 2.65. The zero-order valence-corrected chi connectivity index (χ0v) is 51.8. The zero-order chi connectivity index (χ0) is 67.7. The van der Waals surface area contributed by atoms with Crippen LogP contribution in [-0.4, -0.2) is 160 Å². The fourth-order valence-electron chi connectivity index (χ4n) is 16.6. The quantitative estimate of drug-likeness (QED) is 0.0757. The number of aliphatic hydroxyl groups excluding tert-OH is 2. The molecule has 26 nitrogen and oxygen atoms in total. The van der Waals surface area contributed by atoms with Crippen molar-refractivity contribution in [2.75, 3.05) is 52.9 Å². The van der Waals surface area contributed by atoms with E-state index in [0.717, 1.165) is 49.4 Å². The molecule has 8 bridgehead atoms. The molecule has 0 radical (unpaired) electrons. The molecule has 0 aromatic rings. The number of carbonyl (C=O) groups excluding carboxylic acids is 12. The first kappa shape index (κ1) is 71.0. The molecule has 500 valence electrons. The van der Waals surface area contributed by atoms with Gasteiger partial charge in [-0.3, -0.25) is 19.2 Å². The summed E-state index contributed by atoms with van der Waals surface area (Å²) in [5.41, 5.74) is 0.631. The Morgan fingerprint density at radius 1 is 0.413 bits per heavy atom. The second-order valence-corrected chi connectivity index (χ2v) is 24.8. The van der Waals surface area contributed by atoms with E-state index in [1.807, 2.05) is 0 Å². The van der Waals surface area contributed by atoms with E-state index in [4.69, 9.17) is 76.0 Å². The molecule has 8 saturated carbocycles. The number of hydrogen-bond acceptors (Lipinski definition) is 26. The van der Waals surface area contributed by atoms with Gasteiger partial charge in [0.1, 0.15) is 77.3 Å². The fraction of sp³-hybridized carbons (Fsp3) is 0.606. The minimum absolute atomic E-state index is 0.00806. The standard InChI is InChI=1S/C17H22O5.C16H20O6.C16H20O5.C15H18O6.2CO2/c1-8(2)16(18)20-5-6-21-17(19)14-11-7-12-13(14)10(4)22-15(12)9(11)3;1-7(2)15(18)20-4-5-21-16(19)12-9-6-10-11(12)8(3)22-14(10)13(9)17;1-4-12(17)19-5-6-20-16(18)14-10-7-11-13(14)9(3)21-15(11)8(10)2;1-3-10(16)19-4-5-20-15(18)12-8-6-9-11(12)7(2)21-14(9)13(8)17;2*2-1-3/h9,11-15H,1,4-7H2,2-3H3;9-14,17H,1,3-6H2,2H3;4,8,10-11,13-15H,1,3,5-7H2,2H3;3,8-9,11-14,17H,1-2,4-6H2;;. The second-order valence-electron chi connectivity index (χ2n) is 24.8. The lowest BCUT2D eigenvalue weighted by molar-refractivity contribution is -0.193. The predicted molar refractivity (Wildman–Crippen MR) is 308 cm³/mol. The topological polar surface area (TPSA) is 356 Å². The van der Waals surface area contributed by atoms with Gasteiger partial charge in [0, 0.05) is 82.5 Å². The SMILES string of the molecule is C=C(C)C(=O)OCCOC(=O)C1C2CC3C(OC(=C)C31)C2C.C=C(C)C(=O)OCCOC(=O)C1C2CC3C(OC(=C)C31)C2O.C=CC(=O)OCCOC(=O)C1C2CC3C(OC(=C)C31)C2C.C=CC(=O)OCCOC(=O)C1C2CC3C(OC(=C)C31)C2O.O=C=O.O=C=O. The van der Waals surface area contributed by atoms with E-state index in [-0.39, 0.29) is 173 Å². The molecule has 12 rings (SSSR count). The number of aliphatic hydroxyl groups is 2. The molecule has 12 fully saturated rings. The molecule has 0 amide bonds. The lowest BCUT2D eigenvalue weighted by Crippen LogP contribution is -2.41. The number of esters is 8. The largest absolute Gasteiger partial charge is 0.494 e. The van der Waals surface area contributed by atoms with E-state index in [9.17, 15) is 48.6 Å². The molecule has 24 atom stereocenters. The van der Waals surface area contributed by atoms with Crippen LogP contribution < -0.4 is 0 Å². The highest BCUT2D eigenvalue weighted by molar-refractivity contribution is 5.87. The van der Waals surface area contributed by atoms with E-state index < -0.39 is 47.9 Å². The van der Waals surface area contributed by atoms with Gasteiger partial charge < -0.3 is 67.1 Å². The summed E-state index contributed by atoms with van der Waals surface area (Å²) in [6.07, 6.45) is 4.93. The van der Waals surface area contributed by atoms with Gasteiger partial charge in [-0.25, -0.2) is 19.2 Å². The highest BCUT2D eigenvalue weighted by atomic mass is 16.6. The predicted octanol–water partition coefficient (Wildman–Crippen LogP) is 3.82. The molecule has 8 aliphatic carbocycles. The summed E-state index contributed by atoms with van der Waals surface area (Å²) in [5, 5.41) is 20.4. The van der Waals surface area contributed by atoms with Gasteiger partial charge in [-0.2, -0.15) is 19.2 Å². The van der Waals surface area contributed by atoms with Crippen LogP contribution >= 0.6 is 0 Å². The van der Waals surface area contributed by atoms with E-state index in [1.54, 1.807) is 13.8 Å². The summed E-state index contributed by atoms with van der Waals surface area (Å²) in [6.45, 7) is 36.8. The number of rotatable bonds is 20. The van der Waals surface area contributed by atoms with Crippen LogP contribution in [0.3, 0.4) is 0 Å². The van der Waals surface area contributed by atoms with Crippen LogP contribution in [0.1, 0.15) is 53.4 Å². The average Bonchev–Trinajstić information content (AvgIpc) is 1.60. The molecule has 2 N–H and O–H groups in total. The van der Waals surface area contributed by atoms with Crippen molar-refractivity contribution in [1.29, 1.82) is 0 Å². The van der Waals surface area contributed by atoms with E-state index >= 15 is 0 Å². The lowest BCUT2D eigenvalue weighted by atomic mass is 9.74. The minimum atomic E-state index is -0.640. The second kappa shape index (κ2) is 30.8. The number of hydrogen-bond donors (Lipinski definition) is 2. The molecule has 0 spiro atoms. The fourth-order valence-corrected chi connectivity index (χ4v) is 16.6. The molecule has 0 aromatic carbocycles. The van der Waals surface area contributed by atoms with Gasteiger partial charge in [0.15, 0.2) is 0 Å². The Labute approximate surface area is 531 Å². The smallest absolute Gasteiger partial charge is 0.373 e. The van der Waals surface area contributed by atoms with E-state index in [1.165, 1.54) is 0 Å². The lowest BCUT2D eigenvalue weighted by Gasteiger charge is -2.28. The summed E-state index contributed by atoms with van der Waals surface area (Å²) in [5.74, 6) is 0.492. The normalized spacial score (nSPS) is 36.1. The summed E-state index contributed by atoms with van der Waals surface area (Å²) < 4.78 is 63.1. The Bertz CT molecular complexity index is 2820. The Hall–Kier alpha value is -8.44. The monoisotopic (exact) mass is 1290 g/mol. The third kappa shape index (κ3) is 14.4. The van der Waals surface area contributed by atoms with Crippen LogP contribution in [0.2, 0.25) is 0 Å². The van der Waals surface area contributed by atoms with Crippen molar-refractivity contribution in [3.05, 3.63) is 99.0 Å². The maximum absolute atomic E-state index is 12.4. The maximum Gasteiger partial charge on any atom is 0.373 e. The van der Waals surface area contributed by atoms with Gasteiger partial charge in [-0.1, -0.05) is 66.5 Å². The molecule has 0 aromatic heterocycles. The maximum atomic E-state index is 12.4. The van der Waals surface area contributed by atoms with Crippen molar-refractivity contribution in [1.82, 2.24) is 0 Å². The van der Waals surface area contributed by atoms with Crippen LogP contribution in [0.4, 0.5) is 0 Å². The molecular weight excluding hydrogens is 1210 g/mol. The molecule has 4 saturated heterocycles. The summed E-state index contributed by atoms with van der Waals surface area (Å²) >= 11 is 0. The van der Waals surface area contributed by atoms with Gasteiger partial charge in [0.2, 0.25) is 0 Å². The van der Waals surface area contributed by atoms with Gasteiger partial charge in [-0.15, -0.1) is 0 Å². The third-order valence-electron chi connectivity index (χ3n) is 20.1. The van der Waals surface area contributed by atoms with Gasteiger partial charge in [-0.05, 0) is 63.2 Å². The van der Waals surface area contributed by atoms with Crippen molar-refractivity contribution < 1.29 is 125 Å². The molecule has 4 aliphatic heterocycles. The number of fused-ring (bicyclic) bond motifs is 4. The third-order valence-corrected chi connectivity index (χ3v) is 20.1. The molecular formula is C66H80O26. The van der Waals surface area contributed by atoms with Gasteiger partial charge in [0.05, 0.1) is 58.9 Å². The Morgan fingerprint density at radius 2 is 0.641 bits per heavy atom. The highest BCUT2D eigenvalue weighted by Gasteiger charge is 2.69. The molecule has 4 heterocycles. The molecule has 92 heavy (non-hydrogen) atoms. The van der Waals surface area contributed by atoms with Gasteiger partial charge in [0.25, 0.3) is 0 Å². The summed E-state index contributed by atoms with van der Waals surface area (Å²) in [6, 6.07) is 0. The molecule has 24 unspecified atom stereocenters. The van der Waals surface area contributed by atoms with Crippen LogP contribution in [0.25, 0.3) is 0 Å². The van der Waals surface area contributed by atoms with Crippen LogP contribution in [0.5, 0.6) is 0 Å². The Morgan fingerprint density at radius 3 is 0.913 bits per heavy atom. The number of carbonyl (C=O) groups is 8. The van der Waals surface area contributed by atoms with E-state index in [0.29, 0.717) is 58.2 Å². The number of ether oxygens (including phenoxy) is 12. The Balaban J connectivity index is 0.000000169. The first-order valence-corrected chi connectivity index (χ1v) is 30.4. The summed E-state index contributed by atoms with van der Waals surface area (Å²) in [7, 11) is 0. The van der Waals surface area contributed by atoms with Crippen molar-refractivity contribution in [2.45, 2.75) is 90.0 Å².